The Morgan fingerprint density at radius 2 is 1.82 bits per heavy atom. The fourth-order valence-corrected chi connectivity index (χ4v) is 5.17. The van der Waals surface area contributed by atoms with Crippen molar-refractivity contribution in [2.75, 3.05) is 10.6 Å². The zero-order chi connectivity index (χ0) is 27.7. The van der Waals surface area contributed by atoms with Crippen LogP contribution in [0.15, 0.2) is 90.9 Å². The van der Waals surface area contributed by atoms with E-state index >= 15 is 0 Å². The van der Waals surface area contributed by atoms with Crippen molar-refractivity contribution in [2.45, 2.75) is 44.3 Å². The van der Waals surface area contributed by atoms with E-state index in [1.807, 2.05) is 65.8 Å². The third kappa shape index (κ3) is 5.22. The van der Waals surface area contributed by atoms with E-state index in [1.165, 1.54) is 0 Å². The molecule has 0 amide bonds. The van der Waals surface area contributed by atoms with E-state index in [1.54, 1.807) is 12.3 Å². The molecule has 1 aromatic heterocycles. The van der Waals surface area contributed by atoms with Crippen LogP contribution in [-0.4, -0.2) is 16.0 Å². The maximum Gasteiger partial charge on any atom is 0.103 e. The van der Waals surface area contributed by atoms with Gasteiger partial charge in [-0.25, -0.2) is 0 Å². The Bertz CT molecular complexity index is 1600. The second kappa shape index (κ2) is 10.9. The van der Waals surface area contributed by atoms with E-state index in [-0.39, 0.29) is 6.04 Å². The number of aromatic nitrogens is 1. The Balaban J connectivity index is 1.44. The fourth-order valence-electron chi connectivity index (χ4n) is 4.90. The molecule has 2 atom stereocenters. The summed E-state index contributed by atoms with van der Waals surface area (Å²) < 4.78 is 9.68. The van der Waals surface area contributed by atoms with Crippen molar-refractivity contribution in [3.63, 3.8) is 0 Å². The maximum absolute atomic E-state index is 9.99. The lowest BCUT2D eigenvalue weighted by Gasteiger charge is -2.23. The Hall–Kier alpha value is -4.25. The van der Waals surface area contributed by atoms with Crippen molar-refractivity contribution in [3.05, 3.63) is 113 Å². The number of benzene rings is 3. The van der Waals surface area contributed by atoms with Crippen molar-refractivity contribution in [3.8, 4) is 6.07 Å². The average Bonchev–Trinajstić information content (AvgIpc) is 3.72. The van der Waals surface area contributed by atoms with Crippen LogP contribution >= 0.6 is 11.6 Å². The number of anilines is 2. The number of nitrogens with zero attached hydrogens (tertiary/aromatic N) is 3. The van der Waals surface area contributed by atoms with Crippen LogP contribution in [-0.2, 0) is 0 Å². The molecule has 2 aliphatic rings. The molecule has 7 nitrogen and oxygen atoms in total. The molecule has 4 aromatic rings. The highest BCUT2D eigenvalue weighted by Crippen LogP contribution is 2.38. The van der Waals surface area contributed by atoms with Crippen LogP contribution in [0.4, 0.5) is 11.4 Å². The molecule has 2 heterocycles. The first-order valence-corrected chi connectivity index (χ1v) is 13.6. The lowest BCUT2D eigenvalue weighted by molar-refractivity contribution is 0.260. The van der Waals surface area contributed by atoms with Crippen LogP contribution in [0.1, 0.15) is 56.3 Å². The van der Waals surface area contributed by atoms with E-state index in [4.69, 9.17) is 11.6 Å². The largest absolute Gasteiger partial charge is 0.377 e. The highest BCUT2D eigenvalue weighted by molar-refractivity contribution is 6.35. The minimum Gasteiger partial charge on any atom is -0.377 e. The topological polar surface area (TPSA) is 88.0 Å². The van der Waals surface area contributed by atoms with Gasteiger partial charge in [0.2, 0.25) is 0 Å². The molecular formula is C31H30ClN7. The van der Waals surface area contributed by atoms with Crippen LogP contribution in [0.5, 0.6) is 0 Å². The van der Waals surface area contributed by atoms with Gasteiger partial charge in [0.05, 0.1) is 40.9 Å². The van der Waals surface area contributed by atoms with Gasteiger partial charge >= 0.3 is 0 Å². The average molecular weight is 537 g/mol. The van der Waals surface area contributed by atoms with Gasteiger partial charge in [0.25, 0.3) is 0 Å². The summed E-state index contributed by atoms with van der Waals surface area (Å²) in [6.07, 6.45) is 6.58. The monoisotopic (exact) mass is 536 g/mol. The highest BCUT2D eigenvalue weighted by atomic mass is 35.5. The number of hydrogen-bond donors (Lipinski definition) is 4. The number of hydrazine groups is 2. The number of hydrogen-bond acceptors (Lipinski definition) is 7. The van der Waals surface area contributed by atoms with Gasteiger partial charge in [0.15, 0.2) is 0 Å². The second-order valence-corrected chi connectivity index (χ2v) is 10.2. The maximum atomic E-state index is 9.99. The molecule has 4 N–H and O–H groups in total. The first-order chi connectivity index (χ1) is 19.5. The smallest absolute Gasteiger partial charge is 0.103 e. The lowest BCUT2D eigenvalue weighted by atomic mass is 10.0. The van der Waals surface area contributed by atoms with E-state index in [0.29, 0.717) is 44.6 Å². The van der Waals surface area contributed by atoms with Crippen molar-refractivity contribution >= 4 is 33.9 Å². The number of halogens is 1. The van der Waals surface area contributed by atoms with Gasteiger partial charge in [-0.15, -0.1) is 5.53 Å². The molecule has 0 saturated heterocycles. The Morgan fingerprint density at radius 1 is 1.10 bits per heavy atom. The summed E-state index contributed by atoms with van der Waals surface area (Å²) in [5, 5.41) is 20.2. The van der Waals surface area contributed by atoms with Gasteiger partial charge in [-0.2, -0.15) is 5.26 Å². The SMILES string of the molecule is [2H][C@](Nc1cc(Cl)c2ncc(C#N)c(N[C@H](CC)c3ccccc3)c2c1)(C1=CN(C2CC2)NN1)c1ccccc1. The summed E-state index contributed by atoms with van der Waals surface area (Å²) in [6.45, 7) is 2.11. The van der Waals surface area contributed by atoms with Crippen molar-refractivity contribution in [2.24, 2.45) is 0 Å². The standard InChI is InChI=1S/C31H30ClN7/c1-2-27(20-9-5-3-6-10-20)36-29-22(17-33)18-34-31-25(29)15-23(16-26(31)32)35-30(21-11-7-4-8-12-21)28-19-39(38-37-28)24-13-14-24/h3-12,15-16,18-19,24,27,30,35,37-38H,2,13-14H2,1H3,(H,34,36)/t27-,30-/m1/s1/i30D. The summed E-state index contributed by atoms with van der Waals surface area (Å²) in [7, 11) is 0. The van der Waals surface area contributed by atoms with Gasteiger partial charge in [-0.1, -0.05) is 79.2 Å². The quantitative estimate of drug-likeness (QED) is 0.187. The van der Waals surface area contributed by atoms with E-state index in [0.717, 1.165) is 30.4 Å². The number of nitriles is 1. The first kappa shape index (κ1) is 23.8. The fraction of sp³-hybridized carbons (Fsp3) is 0.226. The Morgan fingerprint density at radius 3 is 2.49 bits per heavy atom. The van der Waals surface area contributed by atoms with Crippen molar-refractivity contribution in [1.29, 1.82) is 5.26 Å². The predicted octanol–water partition coefficient (Wildman–Crippen LogP) is 6.80. The van der Waals surface area contributed by atoms with E-state index in [2.05, 4.69) is 51.7 Å². The predicted molar refractivity (Wildman–Crippen MR) is 157 cm³/mol. The normalized spacial score (nSPS) is 17.4. The summed E-state index contributed by atoms with van der Waals surface area (Å²) in [5.74, 6) is 0. The molecular weight excluding hydrogens is 506 g/mol. The molecule has 1 aliphatic heterocycles. The molecule has 39 heavy (non-hydrogen) atoms. The molecule has 0 bridgehead atoms. The van der Waals surface area contributed by atoms with Crippen LogP contribution in [0, 0.1) is 11.3 Å². The Labute approximate surface area is 234 Å². The zero-order valence-corrected chi connectivity index (χ0v) is 22.3. The van der Waals surface area contributed by atoms with Gasteiger partial charge in [-0.3, -0.25) is 9.99 Å². The molecule has 0 radical (unpaired) electrons. The highest BCUT2D eigenvalue weighted by Gasteiger charge is 2.32. The van der Waals surface area contributed by atoms with Gasteiger partial charge < -0.3 is 16.1 Å². The lowest BCUT2D eigenvalue weighted by Crippen LogP contribution is -2.38. The molecule has 8 heteroatoms. The molecule has 1 fully saturated rings. The van der Waals surface area contributed by atoms with Gasteiger partial charge in [0.1, 0.15) is 6.07 Å². The van der Waals surface area contributed by atoms with E-state index < -0.39 is 6.02 Å². The van der Waals surface area contributed by atoms with Crippen LogP contribution in [0.3, 0.4) is 0 Å². The minimum atomic E-state index is -1.35. The summed E-state index contributed by atoms with van der Waals surface area (Å²) in [6, 6.07) is 24.9. The number of fused-ring (bicyclic) bond motifs is 1. The van der Waals surface area contributed by atoms with Crippen molar-refractivity contribution < 1.29 is 1.37 Å². The summed E-state index contributed by atoms with van der Waals surface area (Å²) in [4.78, 5) is 4.52. The zero-order valence-electron chi connectivity index (χ0n) is 22.6. The minimum absolute atomic E-state index is 0.0128. The first-order valence-electron chi connectivity index (χ1n) is 13.7. The second-order valence-electron chi connectivity index (χ2n) is 9.81. The van der Waals surface area contributed by atoms with Crippen LogP contribution < -0.4 is 21.6 Å². The molecule has 3 aromatic carbocycles. The van der Waals surface area contributed by atoms with Crippen LogP contribution in [0.2, 0.25) is 5.02 Å². The Kier molecular flexibility index (Phi) is 6.63. The molecule has 1 aliphatic carbocycles. The molecule has 1 saturated carbocycles. The van der Waals surface area contributed by atoms with Gasteiger partial charge in [0, 0.05) is 29.5 Å². The van der Waals surface area contributed by atoms with Gasteiger partial charge in [-0.05, 0) is 42.5 Å². The summed E-state index contributed by atoms with van der Waals surface area (Å²) in [5.41, 5.74) is 11.3. The number of pyridine rings is 1. The molecule has 0 spiro atoms. The number of rotatable bonds is 9. The van der Waals surface area contributed by atoms with Crippen LogP contribution in [0.25, 0.3) is 10.9 Å². The molecule has 0 unspecified atom stereocenters. The third-order valence-electron chi connectivity index (χ3n) is 7.10. The molecule has 6 rings (SSSR count). The third-order valence-corrected chi connectivity index (χ3v) is 7.39. The summed E-state index contributed by atoms with van der Waals surface area (Å²) >= 11 is 6.80. The van der Waals surface area contributed by atoms with Crippen molar-refractivity contribution in [1.82, 2.24) is 21.0 Å². The molecule has 196 valence electrons. The van der Waals surface area contributed by atoms with E-state index in [9.17, 15) is 6.63 Å². The number of nitrogens with one attached hydrogen (secondary N) is 4.